The lowest BCUT2D eigenvalue weighted by molar-refractivity contribution is 0.577. The molecular weight excluding hydrogens is 293 g/mol. The second-order valence-corrected chi connectivity index (χ2v) is 6.65. The minimum atomic E-state index is -3.46. The van der Waals surface area contributed by atoms with Gasteiger partial charge in [0.1, 0.15) is 5.82 Å². The van der Waals surface area contributed by atoms with Crippen LogP contribution in [0.3, 0.4) is 0 Å². The normalized spacial score (nSPS) is 11.7. The van der Waals surface area contributed by atoms with Crippen molar-refractivity contribution in [1.82, 2.24) is 14.9 Å². The fourth-order valence-corrected chi connectivity index (χ4v) is 2.89. The summed E-state index contributed by atoms with van der Waals surface area (Å²) < 4.78 is 39.7. The van der Waals surface area contributed by atoms with Gasteiger partial charge in [0.15, 0.2) is 0 Å². The van der Waals surface area contributed by atoms with E-state index in [0.29, 0.717) is 11.3 Å². The molecule has 0 unspecified atom stereocenters. The zero-order chi connectivity index (χ0) is 15.3. The minimum absolute atomic E-state index is 0.144. The Bertz CT molecular complexity index is 698. The van der Waals surface area contributed by atoms with Gasteiger partial charge >= 0.3 is 0 Å². The van der Waals surface area contributed by atoms with Crippen LogP contribution in [0.2, 0.25) is 0 Å². The Morgan fingerprint density at radius 3 is 2.76 bits per heavy atom. The van der Waals surface area contributed by atoms with Crippen LogP contribution in [0.4, 0.5) is 4.39 Å². The van der Waals surface area contributed by atoms with Crippen molar-refractivity contribution in [3.63, 3.8) is 0 Å². The lowest BCUT2D eigenvalue weighted by atomic mass is 10.2. The Kier molecular flexibility index (Phi) is 5.08. The van der Waals surface area contributed by atoms with Crippen molar-refractivity contribution in [2.45, 2.75) is 26.3 Å². The summed E-state index contributed by atoms with van der Waals surface area (Å²) in [5.74, 6) is -0.531. The quantitative estimate of drug-likeness (QED) is 0.818. The van der Waals surface area contributed by atoms with Crippen molar-refractivity contribution in [3.05, 3.63) is 53.1 Å². The number of aromatic nitrogens is 2. The van der Waals surface area contributed by atoms with Crippen molar-refractivity contribution in [1.29, 1.82) is 0 Å². The van der Waals surface area contributed by atoms with Crippen LogP contribution >= 0.6 is 0 Å². The number of nitrogens with one attached hydrogen (secondary N) is 2. The van der Waals surface area contributed by atoms with Crippen molar-refractivity contribution in [2.75, 3.05) is 5.75 Å². The van der Waals surface area contributed by atoms with Crippen LogP contribution in [-0.4, -0.2) is 24.4 Å². The van der Waals surface area contributed by atoms with Crippen LogP contribution in [0.15, 0.2) is 30.3 Å². The molecule has 5 nitrogen and oxygen atoms in total. The van der Waals surface area contributed by atoms with Crippen molar-refractivity contribution < 1.29 is 12.8 Å². The van der Waals surface area contributed by atoms with Crippen LogP contribution < -0.4 is 4.72 Å². The first-order valence-corrected chi connectivity index (χ1v) is 8.39. The van der Waals surface area contributed by atoms with E-state index in [9.17, 15) is 12.8 Å². The van der Waals surface area contributed by atoms with Gasteiger partial charge < -0.3 is 0 Å². The summed E-state index contributed by atoms with van der Waals surface area (Å²) in [5, 5.41) is 6.81. The summed E-state index contributed by atoms with van der Waals surface area (Å²) in [7, 11) is -3.46. The Balaban J connectivity index is 1.89. The highest BCUT2D eigenvalue weighted by Crippen LogP contribution is 2.08. The van der Waals surface area contributed by atoms with Gasteiger partial charge in [-0.3, -0.25) is 5.10 Å². The maximum atomic E-state index is 13.4. The summed E-state index contributed by atoms with van der Waals surface area (Å²) in [4.78, 5) is 0. The molecule has 2 aromatic rings. The zero-order valence-electron chi connectivity index (χ0n) is 11.8. The van der Waals surface area contributed by atoms with E-state index in [1.807, 2.05) is 13.0 Å². The molecule has 0 saturated heterocycles. The summed E-state index contributed by atoms with van der Waals surface area (Å²) in [5.41, 5.74) is 1.99. The first-order chi connectivity index (χ1) is 10.00. The number of sulfonamides is 1. The molecule has 0 aliphatic rings. The highest BCUT2D eigenvalue weighted by molar-refractivity contribution is 7.89. The van der Waals surface area contributed by atoms with Crippen molar-refractivity contribution in [3.8, 4) is 0 Å². The molecule has 1 aromatic carbocycles. The number of H-pyrrole nitrogens is 1. The highest BCUT2D eigenvalue weighted by atomic mass is 32.2. The van der Waals surface area contributed by atoms with E-state index in [1.165, 1.54) is 6.07 Å². The fourth-order valence-electron chi connectivity index (χ4n) is 1.89. The van der Waals surface area contributed by atoms with Crippen molar-refractivity contribution >= 4 is 10.0 Å². The van der Waals surface area contributed by atoms with Crippen LogP contribution in [-0.2, 0) is 29.4 Å². The molecule has 0 aliphatic carbocycles. The van der Waals surface area contributed by atoms with Crippen LogP contribution in [0, 0.1) is 5.82 Å². The Labute approximate surface area is 123 Å². The average molecular weight is 311 g/mol. The Morgan fingerprint density at radius 1 is 1.33 bits per heavy atom. The van der Waals surface area contributed by atoms with Gasteiger partial charge in [-0.25, -0.2) is 17.5 Å². The van der Waals surface area contributed by atoms with Crippen LogP contribution in [0.25, 0.3) is 0 Å². The molecule has 7 heteroatoms. The molecule has 0 spiro atoms. The Hall–Kier alpha value is -1.73. The SMILES string of the molecule is CCc1cc(CNS(=O)(=O)CCc2ccccc2F)[nH]n1. The lowest BCUT2D eigenvalue weighted by Gasteiger charge is -2.06. The monoisotopic (exact) mass is 311 g/mol. The molecule has 0 radical (unpaired) electrons. The Morgan fingerprint density at radius 2 is 2.10 bits per heavy atom. The summed E-state index contributed by atoms with van der Waals surface area (Å²) >= 11 is 0. The van der Waals surface area contributed by atoms with E-state index < -0.39 is 10.0 Å². The molecule has 1 aromatic heterocycles. The number of halogens is 1. The number of benzene rings is 1. The molecular formula is C14H18FN3O2S. The van der Waals surface area contributed by atoms with Gasteiger partial charge in [0, 0.05) is 0 Å². The van der Waals surface area contributed by atoms with E-state index in [1.54, 1.807) is 18.2 Å². The molecule has 0 atom stereocenters. The van der Waals surface area contributed by atoms with E-state index in [0.717, 1.165) is 12.1 Å². The molecule has 21 heavy (non-hydrogen) atoms. The average Bonchev–Trinajstić information content (AvgIpc) is 2.93. The van der Waals surface area contributed by atoms with Crippen LogP contribution in [0.5, 0.6) is 0 Å². The zero-order valence-corrected chi connectivity index (χ0v) is 12.6. The number of rotatable bonds is 7. The van der Waals surface area contributed by atoms with Gasteiger partial charge in [-0.2, -0.15) is 5.10 Å². The van der Waals surface area contributed by atoms with E-state index in [-0.39, 0.29) is 24.5 Å². The number of aryl methyl sites for hydroxylation is 2. The smallest absolute Gasteiger partial charge is 0.212 e. The van der Waals surface area contributed by atoms with Gasteiger partial charge in [0.2, 0.25) is 10.0 Å². The summed E-state index contributed by atoms with van der Waals surface area (Å²) in [6.45, 7) is 2.13. The summed E-state index contributed by atoms with van der Waals surface area (Å²) in [6.07, 6.45) is 0.932. The van der Waals surface area contributed by atoms with Crippen molar-refractivity contribution in [2.24, 2.45) is 0 Å². The first kappa shape index (κ1) is 15.7. The third kappa shape index (κ3) is 4.64. The second kappa shape index (κ2) is 6.82. The largest absolute Gasteiger partial charge is 0.281 e. The van der Waals surface area contributed by atoms with Gasteiger partial charge in [0.25, 0.3) is 0 Å². The first-order valence-electron chi connectivity index (χ1n) is 6.74. The standard InChI is InChI=1S/C14H18FN3O2S/c1-2-12-9-13(18-17-12)10-16-21(19,20)8-7-11-5-3-4-6-14(11)15/h3-6,9,16H,2,7-8,10H2,1H3,(H,17,18). The number of nitrogens with zero attached hydrogens (tertiary/aromatic N) is 1. The maximum Gasteiger partial charge on any atom is 0.212 e. The lowest BCUT2D eigenvalue weighted by Crippen LogP contribution is -2.27. The topological polar surface area (TPSA) is 74.8 Å². The molecule has 0 amide bonds. The van der Waals surface area contributed by atoms with E-state index in [4.69, 9.17) is 0 Å². The molecule has 1 heterocycles. The summed E-state index contributed by atoms with van der Waals surface area (Å²) in [6, 6.07) is 8.00. The van der Waals surface area contributed by atoms with Gasteiger partial charge in [-0.1, -0.05) is 25.1 Å². The van der Waals surface area contributed by atoms with Gasteiger partial charge in [0.05, 0.1) is 23.7 Å². The minimum Gasteiger partial charge on any atom is -0.281 e. The van der Waals surface area contributed by atoms with Gasteiger partial charge in [-0.15, -0.1) is 0 Å². The third-order valence-electron chi connectivity index (χ3n) is 3.13. The molecule has 0 bridgehead atoms. The third-order valence-corrected chi connectivity index (χ3v) is 4.45. The predicted molar refractivity (Wildman–Crippen MR) is 78.7 cm³/mol. The molecule has 0 fully saturated rings. The van der Waals surface area contributed by atoms with Crippen LogP contribution in [0.1, 0.15) is 23.9 Å². The van der Waals surface area contributed by atoms with Gasteiger partial charge in [-0.05, 0) is 30.5 Å². The molecule has 0 aliphatic heterocycles. The maximum absolute atomic E-state index is 13.4. The highest BCUT2D eigenvalue weighted by Gasteiger charge is 2.12. The number of hydrogen-bond acceptors (Lipinski definition) is 3. The second-order valence-electron chi connectivity index (χ2n) is 4.72. The molecule has 114 valence electrons. The predicted octanol–water partition coefficient (Wildman–Crippen LogP) is 1.77. The number of aromatic amines is 1. The van der Waals surface area contributed by atoms with E-state index >= 15 is 0 Å². The molecule has 2 N–H and O–H groups in total. The van der Waals surface area contributed by atoms with E-state index in [2.05, 4.69) is 14.9 Å². The molecule has 2 rings (SSSR count). The molecule has 0 saturated carbocycles. The fraction of sp³-hybridized carbons (Fsp3) is 0.357. The number of hydrogen-bond donors (Lipinski definition) is 2.